The third kappa shape index (κ3) is 7.47. The molecule has 0 aliphatic carbocycles. The molecule has 8 nitrogen and oxygen atoms in total. The molecule has 0 aromatic carbocycles. The van der Waals surface area contributed by atoms with E-state index in [9.17, 15) is 4.79 Å². The van der Waals surface area contributed by atoms with Crippen molar-refractivity contribution >= 4 is 12.1 Å². The first-order valence-corrected chi connectivity index (χ1v) is 10.7. The number of morpholine rings is 1. The lowest BCUT2D eigenvalue weighted by molar-refractivity contribution is -0.0817. The van der Waals surface area contributed by atoms with Gasteiger partial charge in [-0.2, -0.15) is 0 Å². The predicted octanol–water partition coefficient (Wildman–Crippen LogP) is 1.99. The van der Waals surface area contributed by atoms with Crippen LogP contribution in [0.2, 0.25) is 0 Å². The first kappa shape index (κ1) is 22.7. The zero-order valence-electron chi connectivity index (χ0n) is 17.9. The Morgan fingerprint density at radius 3 is 2.68 bits per heavy atom. The highest BCUT2D eigenvalue weighted by atomic mass is 16.6. The van der Waals surface area contributed by atoms with E-state index in [1.165, 1.54) is 0 Å². The molecule has 0 saturated carbocycles. The van der Waals surface area contributed by atoms with Crippen molar-refractivity contribution in [2.24, 2.45) is 10.9 Å². The van der Waals surface area contributed by atoms with E-state index in [-0.39, 0.29) is 24.3 Å². The molecule has 2 saturated heterocycles. The Morgan fingerprint density at radius 1 is 1.25 bits per heavy atom. The molecule has 8 heteroatoms. The highest BCUT2D eigenvalue weighted by molar-refractivity contribution is 5.80. The largest absolute Gasteiger partial charge is 0.450 e. The molecule has 3 unspecified atom stereocenters. The van der Waals surface area contributed by atoms with E-state index in [4.69, 9.17) is 19.2 Å². The maximum Gasteiger partial charge on any atom is 0.407 e. The van der Waals surface area contributed by atoms with Crippen molar-refractivity contribution in [1.29, 1.82) is 0 Å². The summed E-state index contributed by atoms with van der Waals surface area (Å²) in [6.45, 7) is 12.9. The van der Waals surface area contributed by atoms with E-state index < -0.39 is 0 Å². The van der Waals surface area contributed by atoms with E-state index in [1.807, 2.05) is 0 Å². The van der Waals surface area contributed by atoms with Crippen molar-refractivity contribution in [1.82, 2.24) is 15.5 Å². The van der Waals surface area contributed by atoms with Gasteiger partial charge in [0.2, 0.25) is 0 Å². The number of carbonyl (C=O) groups excluding carboxylic acids is 1. The van der Waals surface area contributed by atoms with Crippen molar-refractivity contribution in [3.05, 3.63) is 0 Å². The summed E-state index contributed by atoms with van der Waals surface area (Å²) in [5.41, 5.74) is 0. The lowest BCUT2D eigenvalue weighted by Gasteiger charge is -2.37. The monoisotopic (exact) mass is 398 g/mol. The Bertz CT molecular complexity index is 495. The second kappa shape index (κ2) is 12.1. The SMILES string of the molecule is CCNC(=NCC(CC(C)C)NC(=O)OCC)N1CCOC(C2CCCO2)C1. The number of guanidine groups is 1. The Labute approximate surface area is 169 Å². The lowest BCUT2D eigenvalue weighted by Crippen LogP contribution is -2.53. The van der Waals surface area contributed by atoms with E-state index in [0.717, 1.165) is 51.5 Å². The van der Waals surface area contributed by atoms with Crippen LogP contribution in [0.25, 0.3) is 0 Å². The van der Waals surface area contributed by atoms with Gasteiger partial charge in [-0.1, -0.05) is 13.8 Å². The minimum absolute atomic E-state index is 0.0530. The fourth-order valence-corrected chi connectivity index (χ4v) is 3.70. The molecule has 1 amide bonds. The number of nitrogens with zero attached hydrogens (tertiary/aromatic N) is 2. The first-order chi connectivity index (χ1) is 13.5. The summed E-state index contributed by atoms with van der Waals surface area (Å²) in [5.74, 6) is 1.32. The van der Waals surface area contributed by atoms with Crippen LogP contribution in [-0.4, -0.2) is 81.2 Å². The Hall–Kier alpha value is -1.54. The third-order valence-electron chi connectivity index (χ3n) is 4.92. The number of hydrogen-bond donors (Lipinski definition) is 2. The lowest BCUT2D eigenvalue weighted by atomic mass is 10.0. The zero-order chi connectivity index (χ0) is 20.4. The van der Waals surface area contributed by atoms with Crippen LogP contribution in [0.15, 0.2) is 4.99 Å². The van der Waals surface area contributed by atoms with Crippen LogP contribution in [0, 0.1) is 5.92 Å². The van der Waals surface area contributed by atoms with Gasteiger partial charge in [0.1, 0.15) is 6.10 Å². The number of amides is 1. The molecule has 2 heterocycles. The van der Waals surface area contributed by atoms with Crippen LogP contribution in [0.5, 0.6) is 0 Å². The second-order valence-electron chi connectivity index (χ2n) is 7.79. The first-order valence-electron chi connectivity index (χ1n) is 10.7. The van der Waals surface area contributed by atoms with Gasteiger partial charge in [-0.05, 0) is 39.0 Å². The molecule has 3 atom stereocenters. The van der Waals surface area contributed by atoms with Crippen LogP contribution in [0.3, 0.4) is 0 Å². The van der Waals surface area contributed by atoms with Gasteiger partial charge >= 0.3 is 6.09 Å². The van der Waals surface area contributed by atoms with Gasteiger partial charge < -0.3 is 29.7 Å². The highest BCUT2D eigenvalue weighted by Crippen LogP contribution is 2.21. The van der Waals surface area contributed by atoms with Gasteiger partial charge in [0, 0.05) is 26.2 Å². The van der Waals surface area contributed by atoms with Crippen LogP contribution in [0.4, 0.5) is 4.79 Å². The highest BCUT2D eigenvalue weighted by Gasteiger charge is 2.32. The van der Waals surface area contributed by atoms with Gasteiger partial charge in [-0.3, -0.25) is 4.99 Å². The quantitative estimate of drug-likeness (QED) is 0.481. The number of rotatable bonds is 8. The van der Waals surface area contributed by atoms with Crippen LogP contribution >= 0.6 is 0 Å². The second-order valence-corrected chi connectivity index (χ2v) is 7.79. The molecule has 2 fully saturated rings. The van der Waals surface area contributed by atoms with E-state index >= 15 is 0 Å². The molecule has 2 rings (SSSR count). The maximum atomic E-state index is 11.9. The summed E-state index contributed by atoms with van der Waals surface area (Å²) in [7, 11) is 0. The van der Waals surface area contributed by atoms with Crippen molar-refractivity contribution in [3.63, 3.8) is 0 Å². The topological polar surface area (TPSA) is 84.4 Å². The van der Waals surface area contributed by atoms with Crippen LogP contribution in [-0.2, 0) is 14.2 Å². The Morgan fingerprint density at radius 2 is 2.04 bits per heavy atom. The van der Waals surface area contributed by atoms with Gasteiger partial charge in [0.15, 0.2) is 5.96 Å². The summed E-state index contributed by atoms with van der Waals surface area (Å²) >= 11 is 0. The molecule has 0 radical (unpaired) electrons. The molecule has 0 aromatic rings. The number of aliphatic imine (C=N–C) groups is 1. The van der Waals surface area contributed by atoms with E-state index in [2.05, 4.69) is 36.3 Å². The average Bonchev–Trinajstić information content (AvgIpc) is 3.19. The standard InChI is InChI=1S/C20H38N4O4/c1-5-21-19(22-13-16(12-15(3)4)23-20(25)26-6-2)24-9-11-28-18(14-24)17-8-7-10-27-17/h15-18H,5-14H2,1-4H3,(H,21,22)(H,23,25). The number of hydrogen-bond acceptors (Lipinski definition) is 5. The van der Waals surface area contributed by atoms with Crippen LogP contribution < -0.4 is 10.6 Å². The molecule has 2 N–H and O–H groups in total. The normalized spacial score (nSPS) is 24.3. The predicted molar refractivity (Wildman–Crippen MR) is 110 cm³/mol. The molecule has 2 aliphatic heterocycles. The van der Waals surface area contributed by atoms with Gasteiger partial charge in [0.25, 0.3) is 0 Å². The van der Waals surface area contributed by atoms with Crippen molar-refractivity contribution < 1.29 is 19.0 Å². The van der Waals surface area contributed by atoms with E-state index in [0.29, 0.717) is 25.7 Å². The zero-order valence-corrected chi connectivity index (χ0v) is 17.9. The summed E-state index contributed by atoms with van der Waals surface area (Å²) in [6, 6.07) is -0.0530. The molecule has 0 spiro atoms. The number of nitrogens with one attached hydrogen (secondary N) is 2. The molecule has 2 aliphatic rings. The summed E-state index contributed by atoms with van der Waals surface area (Å²) < 4.78 is 16.8. The smallest absolute Gasteiger partial charge is 0.407 e. The van der Waals surface area contributed by atoms with Crippen molar-refractivity contribution in [3.8, 4) is 0 Å². The molecule has 162 valence electrons. The number of alkyl carbamates (subject to hydrolysis) is 1. The fourth-order valence-electron chi connectivity index (χ4n) is 3.70. The average molecular weight is 399 g/mol. The number of ether oxygens (including phenoxy) is 3. The molecule has 0 bridgehead atoms. The van der Waals surface area contributed by atoms with Crippen molar-refractivity contribution in [2.75, 3.05) is 46.0 Å². The number of carbonyl (C=O) groups is 1. The van der Waals surface area contributed by atoms with Gasteiger partial charge in [0.05, 0.1) is 31.9 Å². The van der Waals surface area contributed by atoms with Crippen LogP contribution in [0.1, 0.15) is 47.0 Å². The third-order valence-corrected chi connectivity index (χ3v) is 4.92. The van der Waals surface area contributed by atoms with Gasteiger partial charge in [-0.15, -0.1) is 0 Å². The molecule has 0 aromatic heterocycles. The van der Waals surface area contributed by atoms with Gasteiger partial charge in [-0.25, -0.2) is 4.79 Å². The minimum Gasteiger partial charge on any atom is -0.450 e. The Balaban J connectivity index is 2.00. The minimum atomic E-state index is -0.377. The van der Waals surface area contributed by atoms with E-state index in [1.54, 1.807) is 6.92 Å². The summed E-state index contributed by atoms with van der Waals surface area (Å²) in [5, 5.41) is 6.33. The fraction of sp³-hybridized carbons (Fsp3) is 0.900. The maximum absolute atomic E-state index is 11.9. The van der Waals surface area contributed by atoms with Crippen molar-refractivity contribution in [2.45, 2.75) is 65.2 Å². The molecular weight excluding hydrogens is 360 g/mol. The Kier molecular flexibility index (Phi) is 9.84. The summed E-state index contributed by atoms with van der Waals surface area (Å²) in [4.78, 5) is 18.9. The summed E-state index contributed by atoms with van der Waals surface area (Å²) in [6.07, 6.45) is 2.91. The molecule has 28 heavy (non-hydrogen) atoms. The molecular formula is C20H38N4O4.